The summed E-state index contributed by atoms with van der Waals surface area (Å²) in [6, 6.07) is 3.36. The molecule has 2 N–H and O–H groups in total. The molecule has 0 aliphatic carbocycles. The number of nitrogens with one attached hydrogen (secondary N) is 2. The number of alkyl halides is 8. The average molecular weight is 483 g/mol. The highest BCUT2D eigenvalue weighted by Crippen LogP contribution is 2.56. The predicted octanol–water partition coefficient (Wildman–Crippen LogP) is 2.75. The van der Waals surface area contributed by atoms with Crippen LogP contribution in [-0.4, -0.2) is 67.9 Å². The number of nitrogens with zero attached hydrogens (tertiary/aromatic N) is 1. The van der Waals surface area contributed by atoms with E-state index < -0.39 is 57.6 Å². The lowest BCUT2D eigenvalue weighted by Gasteiger charge is -2.38. The highest BCUT2D eigenvalue weighted by Gasteiger charge is 2.86. The van der Waals surface area contributed by atoms with E-state index in [1.54, 1.807) is 5.32 Å². The smallest absolute Gasteiger partial charge is 0.322 e. The van der Waals surface area contributed by atoms with Crippen LogP contribution in [0.25, 0.3) is 0 Å². The van der Waals surface area contributed by atoms with Crippen molar-refractivity contribution in [2.75, 3.05) is 18.9 Å². The van der Waals surface area contributed by atoms with Crippen LogP contribution in [0.3, 0.4) is 0 Å². The highest BCUT2D eigenvalue weighted by atomic mass is 32.2. The van der Waals surface area contributed by atoms with Crippen molar-refractivity contribution in [1.29, 1.82) is 0 Å². The van der Waals surface area contributed by atoms with E-state index in [-0.39, 0.29) is 17.5 Å². The molecule has 2 rings (SSSR count). The minimum Gasteiger partial charge on any atom is -0.322 e. The third-order valence-corrected chi connectivity index (χ3v) is 6.82. The van der Waals surface area contributed by atoms with Gasteiger partial charge < -0.3 is 5.32 Å². The van der Waals surface area contributed by atoms with E-state index >= 15 is 13.2 Å². The topological polar surface area (TPSA) is 78.5 Å². The molecule has 0 saturated carbocycles. The van der Waals surface area contributed by atoms with Crippen LogP contribution in [0, 0.1) is 0 Å². The first kappa shape index (κ1) is 25.3. The van der Waals surface area contributed by atoms with Gasteiger partial charge >= 0.3 is 6.18 Å². The van der Waals surface area contributed by atoms with E-state index in [1.807, 2.05) is 0 Å². The van der Waals surface area contributed by atoms with Gasteiger partial charge in [-0.05, 0) is 26.1 Å². The Balaban J connectivity index is 2.58. The van der Waals surface area contributed by atoms with Crippen LogP contribution < -0.4 is 10.0 Å². The molecule has 0 aromatic heterocycles. The van der Waals surface area contributed by atoms with Gasteiger partial charge in [0.15, 0.2) is 0 Å². The second-order valence-electron chi connectivity index (χ2n) is 6.92. The van der Waals surface area contributed by atoms with E-state index in [0.29, 0.717) is 11.8 Å². The van der Waals surface area contributed by atoms with Crippen LogP contribution >= 0.6 is 0 Å². The van der Waals surface area contributed by atoms with Crippen molar-refractivity contribution in [2.24, 2.45) is 0 Å². The first-order valence-electron chi connectivity index (χ1n) is 8.46. The van der Waals surface area contributed by atoms with Gasteiger partial charge in [-0.3, -0.25) is 9.69 Å². The zero-order chi connectivity index (χ0) is 24.0. The fourth-order valence-corrected chi connectivity index (χ4v) is 4.87. The number of likely N-dealkylation sites (tertiary alicyclic amines) is 1. The van der Waals surface area contributed by atoms with Gasteiger partial charge in [0.1, 0.15) is 6.04 Å². The van der Waals surface area contributed by atoms with Crippen molar-refractivity contribution >= 4 is 21.6 Å². The van der Waals surface area contributed by atoms with Crippen LogP contribution in [0.1, 0.15) is 6.92 Å². The van der Waals surface area contributed by atoms with Gasteiger partial charge in [0.2, 0.25) is 0 Å². The second kappa shape index (κ2) is 7.85. The van der Waals surface area contributed by atoms with Crippen molar-refractivity contribution in [2.45, 2.75) is 42.0 Å². The Morgan fingerprint density at radius 2 is 1.65 bits per heavy atom. The number of carbonyl (C=O) groups is 1. The number of amides is 1. The minimum atomic E-state index is -6.26. The second-order valence-corrected chi connectivity index (χ2v) is 8.81. The molecule has 1 fully saturated rings. The molecular formula is C16H17F8N3O3S. The maximum absolute atomic E-state index is 15.6. The highest BCUT2D eigenvalue weighted by molar-refractivity contribution is 7.90. The van der Waals surface area contributed by atoms with Crippen molar-refractivity contribution < 1.29 is 48.3 Å². The van der Waals surface area contributed by atoms with E-state index in [9.17, 15) is 35.2 Å². The van der Waals surface area contributed by atoms with Crippen molar-refractivity contribution in [3.63, 3.8) is 0 Å². The predicted molar refractivity (Wildman–Crippen MR) is 92.8 cm³/mol. The largest absolute Gasteiger partial charge is 0.404 e. The van der Waals surface area contributed by atoms with Gasteiger partial charge in [-0.15, -0.1) is 0 Å². The number of hydrogen-bond acceptors (Lipinski definition) is 4. The van der Waals surface area contributed by atoms with E-state index in [2.05, 4.69) is 0 Å². The fraction of sp³-hybridized carbons (Fsp3) is 0.562. The number of rotatable bonds is 6. The SMILES string of the molecule is C[C@@H](NS(=O)(=O)C1(F)CN(C)C(F)(C(=O)Nc2ccccc2)C1(F)C(F)F)C(F)(F)F. The van der Waals surface area contributed by atoms with Crippen LogP contribution in [0.4, 0.5) is 40.8 Å². The Bertz CT molecular complexity index is 932. The maximum atomic E-state index is 15.6. The number of anilines is 1. The summed E-state index contributed by atoms with van der Waals surface area (Å²) in [6.07, 6.45) is -10.1. The van der Waals surface area contributed by atoms with E-state index in [1.165, 1.54) is 18.2 Å². The van der Waals surface area contributed by atoms with E-state index in [4.69, 9.17) is 0 Å². The van der Waals surface area contributed by atoms with Crippen molar-refractivity contribution in [3.8, 4) is 0 Å². The zero-order valence-electron chi connectivity index (χ0n) is 15.9. The molecule has 15 heteroatoms. The molecule has 31 heavy (non-hydrogen) atoms. The summed E-state index contributed by atoms with van der Waals surface area (Å²) in [7, 11) is -5.82. The lowest BCUT2D eigenvalue weighted by Crippen LogP contribution is -2.70. The monoisotopic (exact) mass is 483 g/mol. The number of likely N-dealkylation sites (N-methyl/N-ethyl adjacent to an activating group) is 1. The van der Waals surface area contributed by atoms with Crippen LogP contribution in [0.15, 0.2) is 30.3 Å². The van der Waals surface area contributed by atoms with Crippen LogP contribution in [0.5, 0.6) is 0 Å². The molecule has 1 aromatic carbocycles. The quantitative estimate of drug-likeness (QED) is 0.482. The molecule has 0 radical (unpaired) electrons. The van der Waals surface area contributed by atoms with Gasteiger partial charge in [-0.1, -0.05) is 18.2 Å². The third-order valence-electron chi connectivity index (χ3n) is 4.87. The number of sulfonamides is 1. The third kappa shape index (κ3) is 3.75. The number of hydrogen-bond donors (Lipinski definition) is 2. The minimum absolute atomic E-state index is 0.201. The summed E-state index contributed by atoms with van der Waals surface area (Å²) in [5.41, 5.74) is -5.62. The average Bonchev–Trinajstić information content (AvgIpc) is 2.81. The molecule has 1 amide bonds. The van der Waals surface area contributed by atoms with Crippen molar-refractivity contribution in [3.05, 3.63) is 30.3 Å². The number of para-hydroxylation sites is 1. The summed E-state index contributed by atoms with van der Waals surface area (Å²) < 4.78 is 137. The maximum Gasteiger partial charge on any atom is 0.404 e. The summed E-state index contributed by atoms with van der Waals surface area (Å²) in [4.78, 5) is 12.1. The Kier molecular flexibility index (Phi) is 6.40. The Morgan fingerprint density at radius 3 is 2.10 bits per heavy atom. The van der Waals surface area contributed by atoms with Gasteiger partial charge in [0.25, 0.3) is 38.8 Å². The van der Waals surface area contributed by atoms with Crippen LogP contribution in [0.2, 0.25) is 0 Å². The summed E-state index contributed by atoms with van der Waals surface area (Å²) in [6.45, 7) is -1.81. The van der Waals surface area contributed by atoms with Crippen molar-refractivity contribution in [1.82, 2.24) is 9.62 Å². The molecule has 1 aliphatic heterocycles. The molecule has 1 aliphatic rings. The number of benzene rings is 1. The fourth-order valence-electron chi connectivity index (χ4n) is 3.11. The lowest BCUT2D eigenvalue weighted by atomic mass is 9.91. The lowest BCUT2D eigenvalue weighted by molar-refractivity contribution is -0.187. The zero-order valence-corrected chi connectivity index (χ0v) is 16.7. The molecule has 0 spiro atoms. The summed E-state index contributed by atoms with van der Waals surface area (Å²) in [5, 5.41) is -3.24. The van der Waals surface area contributed by atoms with Gasteiger partial charge in [-0.2, -0.15) is 13.2 Å². The molecule has 3 unspecified atom stereocenters. The number of halogens is 8. The standard InChI is InChI=1S/C16H17F8N3O3S/c1-9(16(22,23)24)26-31(29,30)13(19)8-27(2)15(21,14(13,20)11(17)18)12(28)25-10-6-4-3-5-7-10/h3-7,9,11,26H,8H2,1-2H3,(H,25,28)/t9-,13?,14?,15?/m1/s1. The van der Waals surface area contributed by atoms with Crippen LogP contribution in [-0.2, 0) is 14.8 Å². The Labute approximate surface area is 171 Å². The van der Waals surface area contributed by atoms with Gasteiger partial charge in [0.05, 0.1) is 6.54 Å². The molecule has 1 aromatic rings. The molecule has 1 saturated heterocycles. The normalized spacial score (nSPS) is 31.1. The molecule has 1 heterocycles. The Morgan fingerprint density at radius 1 is 1.13 bits per heavy atom. The summed E-state index contributed by atoms with van der Waals surface area (Å²) in [5.74, 6) is -6.79. The molecular weight excluding hydrogens is 466 g/mol. The first-order chi connectivity index (χ1) is 13.9. The van der Waals surface area contributed by atoms with Gasteiger partial charge in [0, 0.05) is 5.69 Å². The molecule has 176 valence electrons. The Hall–Kier alpha value is -2.00. The van der Waals surface area contributed by atoms with Gasteiger partial charge in [-0.25, -0.2) is 35.1 Å². The molecule has 4 atom stereocenters. The summed E-state index contributed by atoms with van der Waals surface area (Å²) >= 11 is 0. The first-order valence-corrected chi connectivity index (χ1v) is 9.94. The molecule has 6 nitrogen and oxygen atoms in total. The van der Waals surface area contributed by atoms with E-state index in [0.717, 1.165) is 12.1 Å². The number of carbonyl (C=O) groups excluding carboxylic acids is 1. The molecule has 0 bridgehead atoms.